The van der Waals surface area contributed by atoms with E-state index in [4.69, 9.17) is 0 Å². The summed E-state index contributed by atoms with van der Waals surface area (Å²) >= 11 is 4.96. The Morgan fingerprint density at radius 3 is 2.84 bits per heavy atom. The molecule has 1 aromatic rings. The predicted octanol–water partition coefficient (Wildman–Crippen LogP) is 2.69. The lowest BCUT2D eigenvalue weighted by Crippen LogP contribution is -2.41. The molecule has 3 nitrogen and oxygen atoms in total. The molecule has 2 N–H and O–H groups in total. The summed E-state index contributed by atoms with van der Waals surface area (Å²) in [7, 11) is 0. The van der Waals surface area contributed by atoms with E-state index in [9.17, 15) is 9.90 Å². The number of thioether (sulfide) groups is 1. The van der Waals surface area contributed by atoms with Gasteiger partial charge in [-0.25, -0.2) is 0 Å². The fourth-order valence-corrected chi connectivity index (χ4v) is 2.62. The van der Waals surface area contributed by atoms with E-state index in [0.29, 0.717) is 5.75 Å². The highest BCUT2D eigenvalue weighted by molar-refractivity contribution is 9.10. The molecule has 1 unspecified atom stereocenters. The summed E-state index contributed by atoms with van der Waals surface area (Å²) in [6.45, 7) is 1.95. The van der Waals surface area contributed by atoms with Crippen molar-refractivity contribution in [3.63, 3.8) is 0 Å². The molecule has 5 heteroatoms. The molecule has 104 valence electrons. The van der Waals surface area contributed by atoms with Crippen LogP contribution in [-0.2, 0) is 4.79 Å². The summed E-state index contributed by atoms with van der Waals surface area (Å²) in [4.78, 5) is 11.6. The Hall–Kier alpha value is -0.780. The van der Waals surface area contributed by atoms with Crippen molar-refractivity contribution in [3.8, 4) is 0 Å². The van der Waals surface area contributed by atoms with Crippen LogP contribution in [0.25, 0.3) is 6.08 Å². The third-order valence-electron chi connectivity index (χ3n) is 2.42. The normalized spacial score (nSPS) is 14.3. The van der Waals surface area contributed by atoms with Crippen LogP contribution in [0, 0.1) is 0 Å². The lowest BCUT2D eigenvalue weighted by Gasteiger charge is -2.21. The molecule has 0 aliphatic carbocycles. The van der Waals surface area contributed by atoms with Gasteiger partial charge >= 0.3 is 0 Å². The molecule has 1 amide bonds. The maximum atomic E-state index is 11.6. The summed E-state index contributed by atoms with van der Waals surface area (Å²) < 4.78 is 0.938. The summed E-state index contributed by atoms with van der Waals surface area (Å²) in [6.07, 6.45) is 5.13. The van der Waals surface area contributed by atoms with Crippen LogP contribution in [-0.4, -0.2) is 35.2 Å². The van der Waals surface area contributed by atoms with Crippen molar-refractivity contribution >= 4 is 39.7 Å². The lowest BCUT2D eigenvalue weighted by molar-refractivity contribution is -0.117. The fraction of sp³-hybridized carbons (Fsp3) is 0.357. The van der Waals surface area contributed by atoms with Gasteiger partial charge in [0.15, 0.2) is 0 Å². The van der Waals surface area contributed by atoms with Crippen LogP contribution in [0.3, 0.4) is 0 Å². The van der Waals surface area contributed by atoms with Gasteiger partial charge in [0.1, 0.15) is 0 Å². The summed E-state index contributed by atoms with van der Waals surface area (Å²) in [6, 6.07) is 7.66. The Balaban J connectivity index is 2.50. The quantitative estimate of drug-likeness (QED) is 0.780. The second-order valence-electron chi connectivity index (χ2n) is 4.50. The third-order valence-corrected chi connectivity index (χ3v) is 4.05. The summed E-state index contributed by atoms with van der Waals surface area (Å²) in [5.41, 5.74) is 0.0597. The van der Waals surface area contributed by atoms with E-state index in [2.05, 4.69) is 21.2 Å². The van der Waals surface area contributed by atoms with Gasteiger partial charge in [0.25, 0.3) is 0 Å². The molecule has 0 aromatic heterocycles. The minimum absolute atomic E-state index is 0.211. The molecule has 1 rings (SSSR count). The lowest BCUT2D eigenvalue weighted by atomic mass is 10.1. The van der Waals surface area contributed by atoms with E-state index in [1.54, 1.807) is 24.8 Å². The SMILES string of the molecule is CSCC(C)(O)CNC(=O)C=Cc1ccccc1Br. The number of aliphatic hydroxyl groups is 1. The number of halogens is 1. The van der Waals surface area contributed by atoms with Gasteiger partial charge in [0.2, 0.25) is 5.91 Å². The molecule has 1 aromatic carbocycles. The first kappa shape index (κ1) is 16.3. The second-order valence-corrected chi connectivity index (χ2v) is 6.22. The Kier molecular flexibility index (Phi) is 6.62. The van der Waals surface area contributed by atoms with Gasteiger partial charge < -0.3 is 10.4 Å². The monoisotopic (exact) mass is 343 g/mol. The maximum absolute atomic E-state index is 11.6. The first-order chi connectivity index (χ1) is 8.94. The smallest absolute Gasteiger partial charge is 0.244 e. The van der Waals surface area contributed by atoms with Crippen molar-refractivity contribution in [2.75, 3.05) is 18.6 Å². The van der Waals surface area contributed by atoms with Gasteiger partial charge in [-0.15, -0.1) is 0 Å². The van der Waals surface area contributed by atoms with Crippen LogP contribution < -0.4 is 5.32 Å². The van der Waals surface area contributed by atoms with Gasteiger partial charge in [-0.3, -0.25) is 4.79 Å². The van der Waals surface area contributed by atoms with Crippen LogP contribution >= 0.6 is 27.7 Å². The summed E-state index contributed by atoms with van der Waals surface area (Å²) in [5.74, 6) is 0.374. The van der Waals surface area contributed by atoms with Gasteiger partial charge in [0.05, 0.1) is 5.60 Å². The number of carbonyl (C=O) groups is 1. The first-order valence-electron chi connectivity index (χ1n) is 5.86. The summed E-state index contributed by atoms with van der Waals surface area (Å²) in [5, 5.41) is 12.6. The van der Waals surface area contributed by atoms with Crippen LogP contribution in [0.2, 0.25) is 0 Å². The average Bonchev–Trinajstić information content (AvgIpc) is 2.35. The molecule has 0 saturated heterocycles. The average molecular weight is 344 g/mol. The molecule has 0 saturated carbocycles. The molecule has 0 fully saturated rings. The highest BCUT2D eigenvalue weighted by Crippen LogP contribution is 2.17. The Bertz CT molecular complexity index is 461. The second kappa shape index (κ2) is 7.72. The third kappa shape index (κ3) is 6.27. The van der Waals surface area contributed by atoms with Crippen LogP contribution in [0.4, 0.5) is 0 Å². The molecule has 0 spiro atoms. The molecule has 0 radical (unpaired) electrons. The highest BCUT2D eigenvalue weighted by atomic mass is 79.9. The topological polar surface area (TPSA) is 49.3 Å². The maximum Gasteiger partial charge on any atom is 0.244 e. The van der Waals surface area contributed by atoms with Crippen molar-refractivity contribution in [1.29, 1.82) is 0 Å². The standard InChI is InChI=1S/C14H18BrNO2S/c1-14(18,10-19-2)9-16-13(17)8-7-11-5-3-4-6-12(11)15/h3-8,18H,9-10H2,1-2H3,(H,16,17). The zero-order chi connectivity index (χ0) is 14.3. The van der Waals surface area contributed by atoms with E-state index in [1.165, 1.54) is 6.08 Å². The van der Waals surface area contributed by atoms with E-state index < -0.39 is 5.60 Å². The first-order valence-corrected chi connectivity index (χ1v) is 8.05. The highest BCUT2D eigenvalue weighted by Gasteiger charge is 2.19. The molecule has 19 heavy (non-hydrogen) atoms. The molecule has 0 bridgehead atoms. The van der Waals surface area contributed by atoms with E-state index >= 15 is 0 Å². The minimum Gasteiger partial charge on any atom is -0.387 e. The van der Waals surface area contributed by atoms with Crippen molar-refractivity contribution in [3.05, 3.63) is 40.4 Å². The number of hydrogen-bond donors (Lipinski definition) is 2. The molecule has 0 aliphatic rings. The Labute approximate surface area is 126 Å². The van der Waals surface area contributed by atoms with Gasteiger partial charge in [-0.1, -0.05) is 34.1 Å². The predicted molar refractivity (Wildman–Crippen MR) is 85.2 cm³/mol. The van der Waals surface area contributed by atoms with Crippen molar-refractivity contribution in [1.82, 2.24) is 5.32 Å². The van der Waals surface area contributed by atoms with Crippen LogP contribution in [0.15, 0.2) is 34.8 Å². The van der Waals surface area contributed by atoms with Gasteiger partial charge in [-0.05, 0) is 30.9 Å². The zero-order valence-corrected chi connectivity index (χ0v) is 13.4. The number of benzene rings is 1. The zero-order valence-electron chi connectivity index (χ0n) is 11.0. The molecule has 0 aliphatic heterocycles. The minimum atomic E-state index is -0.879. The van der Waals surface area contributed by atoms with Crippen molar-refractivity contribution < 1.29 is 9.90 Å². The van der Waals surface area contributed by atoms with Crippen LogP contribution in [0.1, 0.15) is 12.5 Å². The van der Waals surface area contributed by atoms with Crippen LogP contribution in [0.5, 0.6) is 0 Å². The largest absolute Gasteiger partial charge is 0.387 e. The van der Waals surface area contributed by atoms with Crippen molar-refractivity contribution in [2.45, 2.75) is 12.5 Å². The van der Waals surface area contributed by atoms with Crippen molar-refractivity contribution in [2.24, 2.45) is 0 Å². The number of hydrogen-bond acceptors (Lipinski definition) is 3. The number of carbonyl (C=O) groups excluding carboxylic acids is 1. The molecule has 1 atom stereocenters. The number of rotatable bonds is 6. The van der Waals surface area contributed by atoms with E-state index in [-0.39, 0.29) is 12.5 Å². The number of nitrogens with one attached hydrogen (secondary N) is 1. The Morgan fingerprint density at radius 1 is 1.53 bits per heavy atom. The molecular weight excluding hydrogens is 326 g/mol. The number of amides is 1. The molecular formula is C14H18BrNO2S. The Morgan fingerprint density at radius 2 is 2.21 bits per heavy atom. The fourth-order valence-electron chi connectivity index (χ4n) is 1.47. The van der Waals surface area contributed by atoms with Gasteiger partial charge in [0, 0.05) is 22.8 Å². The molecule has 0 heterocycles. The van der Waals surface area contributed by atoms with E-state index in [0.717, 1.165) is 10.0 Å². The van der Waals surface area contributed by atoms with Gasteiger partial charge in [-0.2, -0.15) is 11.8 Å². The van der Waals surface area contributed by atoms with E-state index in [1.807, 2.05) is 30.5 Å².